The van der Waals surface area contributed by atoms with E-state index in [1.54, 1.807) is 17.7 Å². The van der Waals surface area contributed by atoms with E-state index in [2.05, 4.69) is 10.4 Å². The average Bonchev–Trinajstić information content (AvgIpc) is 3.13. The molecule has 14 heteroatoms. The molecule has 2 aromatic rings. The van der Waals surface area contributed by atoms with Gasteiger partial charge in [0.1, 0.15) is 11.9 Å². The molecule has 0 aliphatic heterocycles. The second-order valence-electron chi connectivity index (χ2n) is 11.0. The van der Waals surface area contributed by atoms with Crippen LogP contribution in [-0.2, 0) is 26.1 Å². The van der Waals surface area contributed by atoms with Crippen molar-refractivity contribution in [2.75, 3.05) is 18.1 Å². The van der Waals surface area contributed by atoms with Gasteiger partial charge in [-0.05, 0) is 50.5 Å². The number of Topliss-reactive ketones (excluding diaryl/α,β-unsaturated/α-hetero) is 1. The summed E-state index contributed by atoms with van der Waals surface area (Å²) in [5.74, 6) is -2.05. The number of carbonyl (C=O) groups excluding carboxylic acids is 3. The zero-order valence-electron chi connectivity index (χ0n) is 23.0. The van der Waals surface area contributed by atoms with Gasteiger partial charge in [0, 0.05) is 18.5 Å². The molecule has 12 nitrogen and oxygen atoms in total. The van der Waals surface area contributed by atoms with Gasteiger partial charge < -0.3 is 21.5 Å². The van der Waals surface area contributed by atoms with Crippen LogP contribution in [0.5, 0.6) is 0 Å². The van der Waals surface area contributed by atoms with Gasteiger partial charge in [-0.1, -0.05) is 13.8 Å². The summed E-state index contributed by atoms with van der Waals surface area (Å²) in [5, 5.41) is 7.82. The minimum atomic E-state index is -3.67. The third kappa shape index (κ3) is 7.86. The first-order valence-corrected chi connectivity index (χ1v) is 14.7. The molecule has 1 amide bonds. The lowest BCUT2D eigenvalue weighted by Gasteiger charge is -2.30. The summed E-state index contributed by atoms with van der Waals surface area (Å²) >= 11 is 0. The number of ketones is 1. The Bertz CT molecular complexity index is 1400. The van der Waals surface area contributed by atoms with Crippen LogP contribution in [0.4, 0.5) is 10.1 Å². The van der Waals surface area contributed by atoms with Crippen molar-refractivity contribution < 1.29 is 36.5 Å². The summed E-state index contributed by atoms with van der Waals surface area (Å²) in [7, 11) is -3.67. The van der Waals surface area contributed by atoms with E-state index >= 15 is 4.39 Å². The third-order valence-corrected chi connectivity index (χ3v) is 6.78. The van der Waals surface area contributed by atoms with E-state index in [0.717, 1.165) is 5.69 Å². The number of esters is 1. The Labute approximate surface area is 232 Å². The number of nitrogens with two attached hydrogens (primary N) is 2. The number of anilines is 1. The van der Waals surface area contributed by atoms with Gasteiger partial charge in [0.25, 0.3) is 16.0 Å². The summed E-state index contributed by atoms with van der Waals surface area (Å²) in [4.78, 5) is 36.4. The Kier molecular flexibility index (Phi) is 9.37. The number of ether oxygens (including phenoxy) is 1. The van der Waals surface area contributed by atoms with Gasteiger partial charge in [-0.25, -0.2) is 9.07 Å². The number of hydrogen-bond donors (Lipinski definition) is 4. The lowest BCUT2D eigenvalue weighted by atomic mass is 9.75. The fraction of sp³-hybridized carbons (Fsp3) is 0.538. The van der Waals surface area contributed by atoms with Crippen LogP contribution in [0.1, 0.15) is 78.1 Å². The molecular formula is C26H36FN5O7S. The molecule has 0 atom stereocenters. The van der Waals surface area contributed by atoms with Crippen molar-refractivity contribution in [2.24, 2.45) is 16.9 Å². The summed E-state index contributed by atoms with van der Waals surface area (Å²) in [6.07, 6.45) is 4.12. The van der Waals surface area contributed by atoms with Crippen LogP contribution in [0, 0.1) is 18.2 Å². The fourth-order valence-electron chi connectivity index (χ4n) is 5.21. The largest absolute Gasteiger partial charge is 0.461 e. The van der Waals surface area contributed by atoms with E-state index in [1.807, 2.05) is 13.8 Å². The van der Waals surface area contributed by atoms with Crippen LogP contribution < -0.4 is 16.8 Å². The van der Waals surface area contributed by atoms with E-state index in [0.29, 0.717) is 61.7 Å². The van der Waals surface area contributed by atoms with E-state index in [1.165, 1.54) is 6.07 Å². The van der Waals surface area contributed by atoms with Crippen molar-refractivity contribution in [3.63, 3.8) is 0 Å². The van der Waals surface area contributed by atoms with Crippen molar-refractivity contribution in [3.8, 4) is 5.69 Å². The molecule has 0 saturated heterocycles. The normalized spacial score (nSPS) is 20.1. The van der Waals surface area contributed by atoms with E-state index in [4.69, 9.17) is 20.8 Å². The van der Waals surface area contributed by atoms with Crippen LogP contribution >= 0.6 is 0 Å². The summed E-state index contributed by atoms with van der Waals surface area (Å²) in [6.45, 7) is 5.65. The summed E-state index contributed by atoms with van der Waals surface area (Å²) < 4.78 is 48.0. The minimum absolute atomic E-state index is 0.0275. The number of benzene rings is 1. The SMILES string of the molecule is CS(=O)(=O)O.Cc1nn(-c2cc(F)c(C(N)=O)c(NC3CCC(OC(=O)CN)CC3)c2)c2c1C(=O)CC(C)(C)C2. The molecule has 0 radical (unpaired) electrons. The molecule has 1 saturated carbocycles. The highest BCUT2D eigenvalue weighted by atomic mass is 32.2. The molecule has 40 heavy (non-hydrogen) atoms. The van der Waals surface area contributed by atoms with Gasteiger partial charge >= 0.3 is 5.97 Å². The second-order valence-corrected chi connectivity index (χ2v) is 12.5. The lowest BCUT2D eigenvalue weighted by Crippen LogP contribution is -2.33. The number of aromatic nitrogens is 2. The summed E-state index contributed by atoms with van der Waals surface area (Å²) in [5.41, 5.74) is 13.0. The number of carbonyl (C=O) groups is 3. The first-order valence-electron chi connectivity index (χ1n) is 12.8. The molecule has 1 fully saturated rings. The number of nitrogens with one attached hydrogen (secondary N) is 1. The third-order valence-electron chi connectivity index (χ3n) is 6.78. The van der Waals surface area contributed by atoms with Crippen molar-refractivity contribution >= 4 is 33.5 Å². The maximum absolute atomic E-state index is 15.2. The second kappa shape index (κ2) is 12.0. The van der Waals surface area contributed by atoms with Gasteiger partial charge in [-0.3, -0.25) is 18.9 Å². The van der Waals surface area contributed by atoms with Crippen molar-refractivity contribution in [3.05, 3.63) is 40.5 Å². The van der Waals surface area contributed by atoms with E-state index < -0.39 is 27.8 Å². The van der Waals surface area contributed by atoms with Gasteiger partial charge in [0.2, 0.25) is 0 Å². The Hall–Kier alpha value is -3.36. The number of rotatable bonds is 6. The molecular weight excluding hydrogens is 545 g/mol. The molecule has 6 N–H and O–H groups in total. The molecule has 1 aromatic heterocycles. The van der Waals surface area contributed by atoms with Gasteiger partial charge in [-0.15, -0.1) is 0 Å². The highest BCUT2D eigenvalue weighted by molar-refractivity contribution is 7.85. The number of nitrogens with zero attached hydrogens (tertiary/aromatic N) is 2. The van der Waals surface area contributed by atoms with Gasteiger partial charge in [0.15, 0.2) is 5.78 Å². The molecule has 1 aromatic carbocycles. The standard InChI is InChI=1S/C25H32FN5O4.CH4O3S/c1-13-22-19(10-25(2,3)11-20(22)32)31(30-13)15-8-17(26)23(24(28)34)18(9-15)29-14-4-6-16(7-5-14)35-21(33)12-27;1-5(2,3)4/h8-9,14,16,29H,4-7,10-12,27H2,1-3H3,(H2,28,34);1H3,(H,2,3,4). The molecule has 0 spiro atoms. The Balaban J connectivity index is 0.000000810. The molecule has 1 heterocycles. The molecule has 220 valence electrons. The van der Waals surface area contributed by atoms with Gasteiger partial charge in [-0.2, -0.15) is 13.5 Å². The first kappa shape index (κ1) is 31.2. The van der Waals surface area contributed by atoms with Crippen LogP contribution in [-0.4, -0.2) is 65.4 Å². The molecule has 2 aliphatic rings. The Morgan fingerprint density at radius 2 is 1.82 bits per heavy atom. The summed E-state index contributed by atoms with van der Waals surface area (Å²) in [6, 6.07) is 2.82. The highest BCUT2D eigenvalue weighted by Gasteiger charge is 2.36. The quantitative estimate of drug-likeness (QED) is 0.290. The first-order chi connectivity index (χ1) is 18.5. The maximum atomic E-state index is 15.2. The zero-order valence-corrected chi connectivity index (χ0v) is 23.8. The smallest absolute Gasteiger partial charge is 0.319 e. The Morgan fingerprint density at radius 1 is 1.23 bits per heavy atom. The number of amides is 1. The van der Waals surface area contributed by atoms with E-state index in [-0.39, 0.29) is 41.1 Å². The molecule has 0 unspecified atom stereocenters. The van der Waals surface area contributed by atoms with Crippen LogP contribution in [0.25, 0.3) is 5.69 Å². The van der Waals surface area contributed by atoms with Crippen LogP contribution in [0.3, 0.4) is 0 Å². The van der Waals surface area contributed by atoms with Crippen molar-refractivity contribution in [1.82, 2.24) is 9.78 Å². The number of fused-ring (bicyclic) bond motifs is 1. The van der Waals surface area contributed by atoms with E-state index in [9.17, 15) is 22.8 Å². The Morgan fingerprint density at radius 3 is 2.38 bits per heavy atom. The fourth-order valence-corrected chi connectivity index (χ4v) is 5.21. The van der Waals surface area contributed by atoms with Gasteiger partial charge in [0.05, 0.1) is 46.7 Å². The maximum Gasteiger partial charge on any atom is 0.319 e. The number of aryl methyl sites for hydroxylation is 1. The lowest BCUT2D eigenvalue weighted by molar-refractivity contribution is -0.148. The van der Waals surface area contributed by atoms with Crippen molar-refractivity contribution in [2.45, 2.75) is 71.4 Å². The molecule has 0 bridgehead atoms. The molecule has 2 aliphatic carbocycles. The topological polar surface area (TPSA) is 197 Å². The monoisotopic (exact) mass is 581 g/mol. The number of halogens is 1. The predicted molar refractivity (Wildman–Crippen MR) is 145 cm³/mol. The highest BCUT2D eigenvalue weighted by Crippen LogP contribution is 2.38. The van der Waals surface area contributed by atoms with Crippen molar-refractivity contribution in [1.29, 1.82) is 0 Å². The van der Waals surface area contributed by atoms with Crippen LogP contribution in [0.2, 0.25) is 0 Å². The zero-order chi connectivity index (χ0) is 30.0. The number of hydrogen-bond acceptors (Lipinski definition) is 9. The number of primary amides is 1. The minimum Gasteiger partial charge on any atom is -0.461 e. The average molecular weight is 582 g/mol. The predicted octanol–water partition coefficient (Wildman–Crippen LogP) is 2.30. The van der Waals surface area contributed by atoms with Crippen LogP contribution in [0.15, 0.2) is 12.1 Å². The molecule has 4 rings (SSSR count).